The summed E-state index contributed by atoms with van der Waals surface area (Å²) < 4.78 is 23.3. The monoisotopic (exact) mass is 1060 g/mol. The summed E-state index contributed by atoms with van der Waals surface area (Å²) in [5.41, 5.74) is -1.64. The van der Waals surface area contributed by atoms with E-state index in [4.69, 9.17) is 18.9 Å². The lowest BCUT2D eigenvalue weighted by atomic mass is 9.80. The van der Waals surface area contributed by atoms with Crippen molar-refractivity contribution >= 4 is 74.7 Å². The number of likely N-dealkylation sites (N-methyl/N-ethyl adjacent to an activating group) is 2. The number of rotatable bonds is 15. The first-order chi connectivity index (χ1) is 34.4. The zero-order valence-corrected chi connectivity index (χ0v) is 47.0. The Hall–Kier alpha value is -5.18. The highest BCUT2D eigenvalue weighted by atomic mass is 33.1. The summed E-state index contributed by atoms with van der Waals surface area (Å²) in [6.45, 7) is 21.7. The van der Waals surface area contributed by atoms with Crippen LogP contribution in [-0.2, 0) is 54.1 Å². The van der Waals surface area contributed by atoms with Gasteiger partial charge in [0.1, 0.15) is 41.8 Å². The lowest BCUT2D eigenvalue weighted by Crippen LogP contribution is -2.57. The number of fused-ring (bicyclic) bond motifs is 2. The second-order valence-corrected chi connectivity index (χ2v) is 25.5. The van der Waals surface area contributed by atoms with Crippen LogP contribution in [0.3, 0.4) is 0 Å². The van der Waals surface area contributed by atoms with Crippen molar-refractivity contribution in [1.29, 1.82) is 0 Å². The average Bonchev–Trinajstić information content (AvgIpc) is 3.62. The molecule has 0 aliphatic carbocycles. The maximum absolute atomic E-state index is 14.7. The van der Waals surface area contributed by atoms with Crippen LogP contribution >= 0.6 is 21.6 Å². The van der Waals surface area contributed by atoms with E-state index < -0.39 is 101 Å². The zero-order valence-electron chi connectivity index (χ0n) is 45.4. The number of benzene rings is 2. The summed E-state index contributed by atoms with van der Waals surface area (Å²) in [7, 11) is 5.75. The molecule has 6 amide bonds. The summed E-state index contributed by atoms with van der Waals surface area (Å²) in [6, 6.07) is 10.2. The van der Waals surface area contributed by atoms with Gasteiger partial charge in [0, 0.05) is 55.7 Å². The number of ketones is 2. The van der Waals surface area contributed by atoms with E-state index in [1.807, 2.05) is 64.1 Å². The van der Waals surface area contributed by atoms with Gasteiger partial charge in [-0.1, -0.05) is 79.6 Å². The molecule has 4 fully saturated rings. The highest BCUT2D eigenvalue weighted by molar-refractivity contribution is 8.76. The molecule has 406 valence electrons. The number of para-hydroxylation sites is 1. The highest BCUT2D eigenvalue weighted by Gasteiger charge is 2.56. The van der Waals surface area contributed by atoms with E-state index in [0.29, 0.717) is 29.8 Å². The van der Waals surface area contributed by atoms with Crippen molar-refractivity contribution in [3.63, 3.8) is 0 Å². The Labute approximate surface area is 443 Å². The summed E-state index contributed by atoms with van der Waals surface area (Å²) in [5.74, 6) is -2.98. The molecule has 4 aliphatic heterocycles. The summed E-state index contributed by atoms with van der Waals surface area (Å²) in [4.78, 5) is 118. The first-order valence-electron chi connectivity index (χ1n) is 25.4. The predicted molar refractivity (Wildman–Crippen MR) is 281 cm³/mol. The van der Waals surface area contributed by atoms with E-state index >= 15 is 0 Å². The van der Waals surface area contributed by atoms with Crippen molar-refractivity contribution in [2.75, 3.05) is 32.6 Å². The molecule has 6 rings (SSSR count). The number of hydrogen-bond acceptors (Lipinski definition) is 14. The molecule has 0 bridgehead atoms. The Balaban J connectivity index is 1.13. The molecule has 4 saturated heterocycles. The van der Waals surface area contributed by atoms with Gasteiger partial charge in [0.15, 0.2) is 11.6 Å². The maximum Gasteiger partial charge on any atom is 0.410 e. The first kappa shape index (κ1) is 58.1. The molecule has 2 unspecified atom stereocenters. The van der Waals surface area contributed by atoms with Crippen LogP contribution in [-0.4, -0.2) is 148 Å². The van der Waals surface area contributed by atoms with Gasteiger partial charge < -0.3 is 44.3 Å². The Morgan fingerprint density at radius 1 is 0.716 bits per heavy atom. The Morgan fingerprint density at radius 2 is 1.22 bits per heavy atom. The number of Topliss-reactive ketones (excluding diaryl/α,β-unsaturated/α-hetero) is 2. The third kappa shape index (κ3) is 13.6. The van der Waals surface area contributed by atoms with Gasteiger partial charge in [-0.25, -0.2) is 9.59 Å². The van der Waals surface area contributed by atoms with E-state index in [1.165, 1.54) is 50.4 Å². The Kier molecular flexibility index (Phi) is 18.0. The molecular formula is C54H76N6O12S2. The molecule has 20 heteroatoms. The molecule has 4 aliphatic rings. The van der Waals surface area contributed by atoms with Gasteiger partial charge in [-0.2, -0.15) is 0 Å². The van der Waals surface area contributed by atoms with Crippen LogP contribution in [0.4, 0.5) is 15.3 Å². The van der Waals surface area contributed by atoms with Gasteiger partial charge in [-0.3, -0.25) is 33.7 Å². The summed E-state index contributed by atoms with van der Waals surface area (Å²) in [5, 5.41) is 5.90. The largest absolute Gasteiger partial charge is 0.444 e. The average molecular weight is 1070 g/mol. The van der Waals surface area contributed by atoms with Crippen molar-refractivity contribution in [2.24, 2.45) is 16.7 Å². The molecule has 0 radical (unpaired) electrons. The van der Waals surface area contributed by atoms with Crippen LogP contribution in [0.15, 0.2) is 58.3 Å². The number of carbonyl (C=O) groups excluding carboxylic acids is 8. The normalized spacial score (nSPS) is 24.3. The fourth-order valence-electron chi connectivity index (χ4n) is 9.95. The van der Waals surface area contributed by atoms with Gasteiger partial charge in [-0.15, -0.1) is 0 Å². The van der Waals surface area contributed by atoms with E-state index in [0.717, 1.165) is 10.5 Å². The van der Waals surface area contributed by atoms with Gasteiger partial charge in [0.2, 0.25) is 23.6 Å². The summed E-state index contributed by atoms with van der Waals surface area (Å²) in [6.07, 6.45) is -1.51. The second kappa shape index (κ2) is 23.0. The molecule has 8 atom stereocenters. The predicted octanol–water partition coefficient (Wildman–Crippen LogP) is 7.85. The van der Waals surface area contributed by atoms with Crippen LogP contribution in [0.2, 0.25) is 0 Å². The maximum atomic E-state index is 14.7. The van der Waals surface area contributed by atoms with Crippen LogP contribution < -0.4 is 10.6 Å². The number of nitrogens with one attached hydrogen (secondary N) is 2. The smallest absolute Gasteiger partial charge is 0.410 e. The zero-order chi connectivity index (χ0) is 54.8. The fraction of sp³-hybridized carbons (Fsp3) is 0.630. The number of anilines is 1. The quantitative estimate of drug-likeness (QED) is 0.163. The van der Waals surface area contributed by atoms with Crippen molar-refractivity contribution in [2.45, 2.75) is 185 Å². The molecule has 74 heavy (non-hydrogen) atoms. The molecule has 4 heterocycles. The van der Waals surface area contributed by atoms with Crippen LogP contribution in [0.1, 0.15) is 121 Å². The second-order valence-electron chi connectivity index (χ2n) is 23.3. The topological polar surface area (TPSA) is 210 Å². The van der Waals surface area contributed by atoms with Gasteiger partial charge in [0.05, 0.1) is 24.4 Å². The van der Waals surface area contributed by atoms with Crippen molar-refractivity contribution in [3.8, 4) is 0 Å². The minimum Gasteiger partial charge on any atom is -0.444 e. The third-order valence-electron chi connectivity index (χ3n) is 14.1. The minimum absolute atomic E-state index is 0.0126. The molecule has 0 spiro atoms. The molecule has 2 N–H and O–H groups in total. The molecule has 0 aromatic heterocycles. The van der Waals surface area contributed by atoms with E-state index in [1.54, 1.807) is 72.4 Å². The van der Waals surface area contributed by atoms with Crippen LogP contribution in [0.25, 0.3) is 0 Å². The van der Waals surface area contributed by atoms with E-state index in [-0.39, 0.29) is 49.9 Å². The number of hydrogen-bond donors (Lipinski definition) is 2. The van der Waals surface area contributed by atoms with E-state index in [2.05, 4.69) is 10.6 Å². The lowest BCUT2D eigenvalue weighted by Gasteiger charge is -2.34. The number of carbonyl (C=O) groups is 8. The fourth-order valence-corrected chi connectivity index (χ4v) is 12.3. The van der Waals surface area contributed by atoms with Gasteiger partial charge >= 0.3 is 12.2 Å². The third-order valence-corrected chi connectivity index (χ3v) is 16.6. The SMILES string of the molecule is C[C@@H](C(=O)C[C@H]1CCO[C@H]2CC(C)(C)C(C(=O)Cc3ccccc3SSc3ccccc3NC(=O)C3N4C(=O)[C@@H](NC(=O)[C@H](C)N(C)C(=O)OC(C)(C)C)CCO[C@H]4CC3(C)C)N2C1=O)N(C)C(=O)OC(C)(C)C. The van der Waals surface area contributed by atoms with Crippen molar-refractivity contribution in [1.82, 2.24) is 24.9 Å². The molecular weight excluding hydrogens is 989 g/mol. The van der Waals surface area contributed by atoms with Crippen molar-refractivity contribution < 1.29 is 57.3 Å². The Bertz CT molecular complexity index is 2300. The lowest BCUT2D eigenvalue weighted by molar-refractivity contribution is -0.150. The first-order valence-corrected chi connectivity index (χ1v) is 27.5. The number of nitrogens with zero attached hydrogens (tertiary/aromatic N) is 4. The minimum atomic E-state index is -1.01. The molecule has 18 nitrogen and oxygen atoms in total. The van der Waals surface area contributed by atoms with Gasteiger partial charge in [-0.05, 0) is 109 Å². The van der Waals surface area contributed by atoms with Crippen LogP contribution in [0, 0.1) is 16.7 Å². The van der Waals surface area contributed by atoms with Crippen molar-refractivity contribution in [3.05, 3.63) is 54.1 Å². The Morgan fingerprint density at radius 3 is 1.81 bits per heavy atom. The molecule has 2 aromatic rings. The van der Waals surface area contributed by atoms with Crippen LogP contribution in [0.5, 0.6) is 0 Å². The number of amides is 6. The summed E-state index contributed by atoms with van der Waals surface area (Å²) >= 11 is 0. The highest BCUT2D eigenvalue weighted by Crippen LogP contribution is 2.47. The molecule has 2 aromatic carbocycles. The van der Waals surface area contributed by atoms with Gasteiger partial charge in [0.25, 0.3) is 0 Å². The number of ether oxygens (including phenoxy) is 4. The van der Waals surface area contributed by atoms with E-state index in [9.17, 15) is 38.4 Å². The standard InChI is InChI=1S/C54H76N6O12S2/c1-31(57(13)49(67)71-51(3,4)5)37(61)28-34-23-25-69-41-29-53(9,10)43(59(41)47(34)65)38(62)27-33-19-15-17-21-39(33)73-74-40-22-18-16-20-35(40)55-46(64)44-54(11,12)30-42-60(44)48(66)36(24-26-70-42)56-45(63)32(2)58(14)50(68)72-52(6,7)8/h15-22,31-32,34,36,41-44H,23-30H2,1-14H3,(H,55,64)(H,56,63)/t31-,32-,34+,36-,41-,42-,43?,44?/m0/s1. The molecule has 0 saturated carbocycles.